The van der Waals surface area contributed by atoms with Crippen LogP contribution in [0.4, 0.5) is 0 Å². The van der Waals surface area contributed by atoms with Gasteiger partial charge < -0.3 is 5.32 Å². The Kier molecular flexibility index (Phi) is 9.45. The first-order chi connectivity index (χ1) is 15.9. The Labute approximate surface area is 203 Å². The number of allylic oxidation sites excluding steroid dienone is 1. The average Bonchev–Trinajstić information content (AvgIpc) is 3.33. The van der Waals surface area contributed by atoms with Crippen molar-refractivity contribution in [3.05, 3.63) is 88.9 Å². The lowest BCUT2D eigenvalue weighted by Crippen LogP contribution is -2.38. The molecule has 0 aliphatic heterocycles. The van der Waals surface area contributed by atoms with Crippen LogP contribution < -0.4 is 5.32 Å². The van der Waals surface area contributed by atoms with E-state index in [0.717, 1.165) is 26.2 Å². The highest BCUT2D eigenvalue weighted by Gasteiger charge is 2.10. The fraction of sp³-hybridized carbons (Fsp3) is 0.345. The summed E-state index contributed by atoms with van der Waals surface area (Å²) in [7, 11) is 0. The van der Waals surface area contributed by atoms with E-state index in [1.165, 1.54) is 22.3 Å². The predicted octanol–water partition coefficient (Wildman–Crippen LogP) is 6.40. The van der Waals surface area contributed by atoms with Crippen molar-refractivity contribution in [1.29, 1.82) is 0 Å². The molecule has 0 radical (unpaired) electrons. The second-order valence-electron chi connectivity index (χ2n) is 9.47. The third-order valence-corrected chi connectivity index (χ3v) is 5.82. The van der Waals surface area contributed by atoms with Crippen LogP contribution in [0.3, 0.4) is 0 Å². The Morgan fingerprint density at radius 2 is 1.91 bits per heavy atom. The first kappa shape index (κ1) is 24.9. The normalized spacial score (nSPS) is 12.6. The van der Waals surface area contributed by atoms with E-state index in [9.17, 15) is 0 Å². The molecule has 0 aliphatic rings. The molecule has 33 heavy (non-hydrogen) atoms. The third kappa shape index (κ3) is 9.35. The second kappa shape index (κ2) is 12.5. The molecule has 0 fully saturated rings. The van der Waals surface area contributed by atoms with E-state index in [0.29, 0.717) is 6.04 Å². The molecular formula is C29H35N3S. The summed E-state index contributed by atoms with van der Waals surface area (Å²) >= 11 is 1.74. The highest BCUT2D eigenvalue weighted by Crippen LogP contribution is 2.23. The number of aromatic nitrogens is 1. The lowest BCUT2D eigenvalue weighted by molar-refractivity contribution is 0.262. The molecule has 0 spiro atoms. The van der Waals surface area contributed by atoms with Crippen molar-refractivity contribution in [2.75, 3.05) is 13.1 Å². The van der Waals surface area contributed by atoms with Crippen LogP contribution in [-0.2, 0) is 13.1 Å². The monoisotopic (exact) mass is 457 g/mol. The van der Waals surface area contributed by atoms with Crippen molar-refractivity contribution in [1.82, 2.24) is 15.2 Å². The molecule has 2 heterocycles. The smallest absolute Gasteiger partial charge is 0.0271 e. The van der Waals surface area contributed by atoms with E-state index in [4.69, 9.17) is 0 Å². The first-order valence-corrected chi connectivity index (χ1v) is 12.5. The molecule has 1 N–H and O–H groups in total. The topological polar surface area (TPSA) is 28.2 Å². The van der Waals surface area contributed by atoms with Gasteiger partial charge in [0, 0.05) is 50.0 Å². The zero-order chi connectivity index (χ0) is 23.5. The van der Waals surface area contributed by atoms with Crippen molar-refractivity contribution in [2.24, 2.45) is 5.41 Å². The van der Waals surface area contributed by atoms with Gasteiger partial charge in [-0.05, 0) is 91.1 Å². The number of hydrogen-bond acceptors (Lipinski definition) is 4. The van der Waals surface area contributed by atoms with Gasteiger partial charge in [0.1, 0.15) is 0 Å². The summed E-state index contributed by atoms with van der Waals surface area (Å²) in [6.07, 6.45) is 7.87. The van der Waals surface area contributed by atoms with Crippen LogP contribution in [0.2, 0.25) is 0 Å². The summed E-state index contributed by atoms with van der Waals surface area (Å²) in [6.45, 7) is 12.2. The van der Waals surface area contributed by atoms with Crippen LogP contribution >= 0.6 is 11.3 Å². The molecule has 0 bridgehead atoms. The van der Waals surface area contributed by atoms with E-state index in [-0.39, 0.29) is 5.41 Å². The fourth-order valence-electron chi connectivity index (χ4n) is 3.50. The second-order valence-corrected chi connectivity index (χ2v) is 10.2. The Morgan fingerprint density at radius 3 is 2.64 bits per heavy atom. The zero-order valence-corrected chi connectivity index (χ0v) is 21.0. The number of hydrogen-bond donors (Lipinski definition) is 1. The summed E-state index contributed by atoms with van der Waals surface area (Å²) in [5, 5.41) is 8.03. The van der Waals surface area contributed by atoms with E-state index < -0.39 is 0 Å². The molecular weight excluding hydrogens is 422 g/mol. The average molecular weight is 458 g/mol. The Morgan fingerprint density at radius 1 is 1.09 bits per heavy atom. The number of thiophene rings is 1. The number of rotatable bonds is 10. The number of pyridine rings is 1. The Hall–Kier alpha value is -2.71. The quantitative estimate of drug-likeness (QED) is 0.357. The van der Waals surface area contributed by atoms with Crippen LogP contribution in [0, 0.1) is 17.3 Å². The van der Waals surface area contributed by atoms with Gasteiger partial charge in [-0.3, -0.25) is 9.88 Å². The Balaban J connectivity index is 1.58. The summed E-state index contributed by atoms with van der Waals surface area (Å²) in [6, 6.07) is 15.5. The van der Waals surface area contributed by atoms with Crippen LogP contribution in [0.15, 0.2) is 77.8 Å². The molecule has 0 saturated heterocycles. The van der Waals surface area contributed by atoms with Gasteiger partial charge in [0.2, 0.25) is 0 Å². The lowest BCUT2D eigenvalue weighted by Gasteiger charge is -2.25. The highest BCUT2D eigenvalue weighted by atomic mass is 32.1. The van der Waals surface area contributed by atoms with Crippen molar-refractivity contribution in [3.63, 3.8) is 0 Å². The minimum Gasteiger partial charge on any atom is -0.309 e. The molecule has 3 rings (SSSR count). The maximum atomic E-state index is 4.15. The van der Waals surface area contributed by atoms with Gasteiger partial charge in [0.15, 0.2) is 0 Å². The van der Waals surface area contributed by atoms with Crippen molar-refractivity contribution in [2.45, 2.75) is 46.8 Å². The molecule has 0 saturated carbocycles. The van der Waals surface area contributed by atoms with Gasteiger partial charge in [-0.25, -0.2) is 0 Å². The van der Waals surface area contributed by atoms with Gasteiger partial charge >= 0.3 is 0 Å². The number of benzene rings is 1. The van der Waals surface area contributed by atoms with Gasteiger partial charge in [0.25, 0.3) is 0 Å². The van der Waals surface area contributed by atoms with E-state index in [2.05, 4.69) is 114 Å². The first-order valence-electron chi connectivity index (χ1n) is 11.5. The molecule has 172 valence electrons. The molecule has 3 aromatic rings. The molecule has 3 nitrogen and oxygen atoms in total. The Bertz CT molecular complexity index is 1050. The predicted molar refractivity (Wildman–Crippen MR) is 142 cm³/mol. The molecule has 0 amide bonds. The summed E-state index contributed by atoms with van der Waals surface area (Å²) in [4.78, 5) is 6.60. The van der Waals surface area contributed by atoms with Gasteiger partial charge in [-0.1, -0.05) is 36.1 Å². The third-order valence-electron chi connectivity index (χ3n) is 5.14. The summed E-state index contributed by atoms with van der Waals surface area (Å²) < 4.78 is 0. The van der Waals surface area contributed by atoms with Crippen LogP contribution in [-0.4, -0.2) is 29.0 Å². The van der Waals surface area contributed by atoms with Crippen molar-refractivity contribution < 1.29 is 0 Å². The van der Waals surface area contributed by atoms with Crippen LogP contribution in [0.5, 0.6) is 0 Å². The van der Waals surface area contributed by atoms with Crippen molar-refractivity contribution >= 4 is 11.3 Å². The largest absolute Gasteiger partial charge is 0.309 e. The number of nitrogens with one attached hydrogen (secondary N) is 1. The summed E-state index contributed by atoms with van der Waals surface area (Å²) in [5.41, 5.74) is 5.18. The van der Waals surface area contributed by atoms with Gasteiger partial charge in [-0.2, -0.15) is 11.3 Å². The van der Waals surface area contributed by atoms with Crippen LogP contribution in [0.25, 0.3) is 11.1 Å². The molecule has 1 atom stereocenters. The maximum Gasteiger partial charge on any atom is 0.0271 e. The lowest BCUT2D eigenvalue weighted by atomic mass is 9.98. The van der Waals surface area contributed by atoms with E-state index >= 15 is 0 Å². The minimum atomic E-state index is 0.0280. The molecule has 2 aromatic heterocycles. The van der Waals surface area contributed by atoms with Gasteiger partial charge in [0.05, 0.1) is 0 Å². The summed E-state index contributed by atoms with van der Waals surface area (Å²) in [5.74, 6) is 6.44. The SMILES string of the molecule is CC(CN(C/C=C/C#CC(C)(C)C)Cc1ccncc1)NCc1cccc(-c2ccsc2)c1. The fourth-order valence-corrected chi connectivity index (χ4v) is 4.17. The zero-order valence-electron chi connectivity index (χ0n) is 20.2. The standard InChI is InChI=1S/C29H35N3S/c1-24(31-20-26-9-8-10-27(19-26)28-13-18-33-23-28)21-32(22-25-11-15-30-16-12-25)17-7-5-6-14-29(2,3)4/h5,7-13,15-16,18-19,23-24,31H,17,20-22H2,1-4H3/b7-5+. The van der Waals surface area contributed by atoms with E-state index in [1.54, 1.807) is 11.3 Å². The molecule has 0 aliphatic carbocycles. The maximum absolute atomic E-state index is 4.15. The van der Waals surface area contributed by atoms with Crippen LogP contribution in [0.1, 0.15) is 38.8 Å². The van der Waals surface area contributed by atoms with E-state index in [1.807, 2.05) is 18.5 Å². The minimum absolute atomic E-state index is 0.0280. The molecule has 1 unspecified atom stereocenters. The molecule has 1 aromatic carbocycles. The number of nitrogens with zero attached hydrogens (tertiary/aromatic N) is 2. The van der Waals surface area contributed by atoms with Gasteiger partial charge in [-0.15, -0.1) is 0 Å². The molecule has 4 heteroatoms. The highest BCUT2D eigenvalue weighted by molar-refractivity contribution is 7.08. The van der Waals surface area contributed by atoms with Crippen molar-refractivity contribution in [3.8, 4) is 23.0 Å².